The minimum atomic E-state index is -0.260. The highest BCUT2D eigenvalue weighted by molar-refractivity contribution is 7.20. The highest BCUT2D eigenvalue weighted by Gasteiger charge is 2.16. The molecule has 0 unspecified atom stereocenters. The van der Waals surface area contributed by atoms with E-state index in [0.717, 1.165) is 27.0 Å². The van der Waals surface area contributed by atoms with E-state index >= 15 is 0 Å². The molecule has 0 spiro atoms. The lowest BCUT2D eigenvalue weighted by molar-refractivity contribution is 0.0955. The Morgan fingerprint density at radius 2 is 2.04 bits per heavy atom. The lowest BCUT2D eigenvalue weighted by Gasteiger charge is -2.04. The molecule has 1 N–H and O–H groups in total. The van der Waals surface area contributed by atoms with Crippen LogP contribution in [-0.4, -0.2) is 20.7 Å². The van der Waals surface area contributed by atoms with Crippen LogP contribution < -0.4 is 5.32 Å². The maximum Gasteiger partial charge on any atom is 0.261 e. The standard InChI is InChI=1S/C20H17FN4OS/c1-13-17-9-18(19(26)23-11-15-3-2-8-22-10-15)27-20(17)25(24-13)12-14-4-6-16(21)7-5-14/h2-10H,11-12H2,1H3,(H,23,26). The zero-order chi connectivity index (χ0) is 18.8. The fraction of sp³-hybridized carbons (Fsp3) is 0.150. The average Bonchev–Trinajstić information content (AvgIpc) is 3.24. The number of thiophene rings is 1. The molecule has 0 saturated heterocycles. The van der Waals surface area contributed by atoms with Gasteiger partial charge < -0.3 is 5.32 Å². The molecule has 3 heterocycles. The Bertz CT molecular complexity index is 1090. The second kappa shape index (κ2) is 7.28. The number of pyridine rings is 1. The van der Waals surface area contributed by atoms with E-state index in [-0.39, 0.29) is 11.7 Å². The molecule has 27 heavy (non-hydrogen) atoms. The number of nitrogens with zero attached hydrogens (tertiary/aromatic N) is 3. The molecule has 0 atom stereocenters. The Morgan fingerprint density at radius 3 is 2.78 bits per heavy atom. The van der Waals surface area contributed by atoms with Crippen molar-refractivity contribution in [3.63, 3.8) is 0 Å². The Labute approximate surface area is 159 Å². The Hall–Kier alpha value is -3.06. The van der Waals surface area contributed by atoms with Crippen LogP contribution in [0.3, 0.4) is 0 Å². The molecule has 0 bridgehead atoms. The quantitative estimate of drug-likeness (QED) is 0.571. The molecule has 0 aliphatic heterocycles. The van der Waals surface area contributed by atoms with Crippen LogP contribution >= 0.6 is 11.3 Å². The molecular formula is C20H17FN4OS. The van der Waals surface area contributed by atoms with Gasteiger partial charge in [-0.15, -0.1) is 11.3 Å². The van der Waals surface area contributed by atoms with Crippen LogP contribution in [0.1, 0.15) is 26.5 Å². The van der Waals surface area contributed by atoms with Crippen molar-refractivity contribution in [1.82, 2.24) is 20.1 Å². The van der Waals surface area contributed by atoms with Crippen LogP contribution in [0.15, 0.2) is 54.9 Å². The predicted molar refractivity (Wildman–Crippen MR) is 103 cm³/mol. The first-order valence-corrected chi connectivity index (χ1v) is 9.30. The first kappa shape index (κ1) is 17.4. The number of amides is 1. The first-order valence-electron chi connectivity index (χ1n) is 8.48. The lowest BCUT2D eigenvalue weighted by Crippen LogP contribution is -2.21. The summed E-state index contributed by atoms with van der Waals surface area (Å²) < 4.78 is 15.0. The molecule has 0 aliphatic rings. The fourth-order valence-corrected chi connectivity index (χ4v) is 3.94. The lowest BCUT2D eigenvalue weighted by atomic mass is 10.2. The van der Waals surface area contributed by atoms with Crippen molar-refractivity contribution in [1.29, 1.82) is 0 Å². The summed E-state index contributed by atoms with van der Waals surface area (Å²) in [4.78, 5) is 18.1. The third kappa shape index (κ3) is 3.73. The Morgan fingerprint density at radius 1 is 1.22 bits per heavy atom. The van der Waals surface area contributed by atoms with Crippen molar-refractivity contribution in [3.8, 4) is 0 Å². The number of carbonyl (C=O) groups excluding carboxylic acids is 1. The summed E-state index contributed by atoms with van der Waals surface area (Å²) in [6.45, 7) is 2.89. The zero-order valence-corrected chi connectivity index (χ0v) is 15.5. The maximum absolute atomic E-state index is 13.1. The molecule has 4 rings (SSSR count). The van der Waals surface area contributed by atoms with E-state index in [1.54, 1.807) is 24.5 Å². The molecule has 0 fully saturated rings. The second-order valence-corrected chi connectivity index (χ2v) is 7.27. The van der Waals surface area contributed by atoms with Gasteiger partial charge >= 0.3 is 0 Å². The largest absolute Gasteiger partial charge is 0.347 e. The first-order chi connectivity index (χ1) is 13.1. The second-order valence-electron chi connectivity index (χ2n) is 6.24. The monoisotopic (exact) mass is 380 g/mol. The van der Waals surface area contributed by atoms with Gasteiger partial charge in [0.2, 0.25) is 0 Å². The van der Waals surface area contributed by atoms with Gasteiger partial charge in [0.1, 0.15) is 10.6 Å². The van der Waals surface area contributed by atoms with E-state index < -0.39 is 0 Å². The number of hydrogen-bond acceptors (Lipinski definition) is 4. The molecule has 136 valence electrons. The highest BCUT2D eigenvalue weighted by atomic mass is 32.1. The number of aromatic nitrogens is 3. The van der Waals surface area contributed by atoms with Crippen LogP contribution in [0.4, 0.5) is 4.39 Å². The molecule has 0 saturated carbocycles. The van der Waals surface area contributed by atoms with E-state index in [2.05, 4.69) is 15.4 Å². The summed E-state index contributed by atoms with van der Waals surface area (Å²) in [5, 5.41) is 8.44. The van der Waals surface area contributed by atoms with Crippen molar-refractivity contribution in [2.45, 2.75) is 20.0 Å². The van der Waals surface area contributed by atoms with Gasteiger partial charge in [0.25, 0.3) is 5.91 Å². The zero-order valence-electron chi connectivity index (χ0n) is 14.6. The summed E-state index contributed by atoms with van der Waals surface area (Å²) in [5.74, 6) is -0.378. The van der Waals surface area contributed by atoms with Gasteiger partial charge in [-0.2, -0.15) is 5.10 Å². The van der Waals surface area contributed by atoms with E-state index in [4.69, 9.17) is 0 Å². The van der Waals surface area contributed by atoms with Crippen molar-refractivity contribution in [3.05, 3.63) is 82.4 Å². The van der Waals surface area contributed by atoms with Gasteiger partial charge in [-0.25, -0.2) is 4.39 Å². The molecule has 7 heteroatoms. The molecule has 1 aromatic carbocycles. The van der Waals surface area contributed by atoms with Gasteiger partial charge in [-0.05, 0) is 42.3 Å². The fourth-order valence-electron chi connectivity index (χ4n) is 2.87. The number of carbonyl (C=O) groups is 1. The highest BCUT2D eigenvalue weighted by Crippen LogP contribution is 2.29. The molecule has 3 aromatic heterocycles. The topological polar surface area (TPSA) is 59.8 Å². The van der Waals surface area contributed by atoms with Gasteiger partial charge in [-0.3, -0.25) is 14.5 Å². The van der Waals surface area contributed by atoms with E-state index in [1.165, 1.54) is 23.5 Å². The van der Waals surface area contributed by atoms with Crippen molar-refractivity contribution < 1.29 is 9.18 Å². The van der Waals surface area contributed by atoms with E-state index in [0.29, 0.717) is 18.0 Å². The van der Waals surface area contributed by atoms with Crippen molar-refractivity contribution >= 4 is 27.5 Å². The summed E-state index contributed by atoms with van der Waals surface area (Å²) >= 11 is 1.41. The number of fused-ring (bicyclic) bond motifs is 1. The summed E-state index contributed by atoms with van der Waals surface area (Å²) in [5.41, 5.74) is 2.78. The minimum absolute atomic E-state index is 0.118. The molecular weight excluding hydrogens is 363 g/mol. The predicted octanol–water partition coefficient (Wildman–Crippen LogP) is 3.92. The third-order valence-electron chi connectivity index (χ3n) is 4.25. The average molecular weight is 380 g/mol. The van der Waals surface area contributed by atoms with Gasteiger partial charge in [0, 0.05) is 24.3 Å². The van der Waals surface area contributed by atoms with Crippen molar-refractivity contribution in [2.75, 3.05) is 0 Å². The van der Waals surface area contributed by atoms with Crippen LogP contribution in [0, 0.1) is 12.7 Å². The summed E-state index contributed by atoms with van der Waals surface area (Å²) in [7, 11) is 0. The summed E-state index contributed by atoms with van der Waals surface area (Å²) in [6, 6.07) is 12.0. The van der Waals surface area contributed by atoms with Crippen molar-refractivity contribution in [2.24, 2.45) is 0 Å². The normalized spacial score (nSPS) is 11.0. The van der Waals surface area contributed by atoms with Gasteiger partial charge in [0.05, 0.1) is 17.1 Å². The molecule has 0 radical (unpaired) electrons. The van der Waals surface area contributed by atoms with Crippen LogP contribution in [0.25, 0.3) is 10.2 Å². The third-order valence-corrected chi connectivity index (χ3v) is 5.40. The number of benzene rings is 1. The van der Waals surface area contributed by atoms with Crippen LogP contribution in [0.2, 0.25) is 0 Å². The van der Waals surface area contributed by atoms with Crippen LogP contribution in [-0.2, 0) is 13.1 Å². The van der Waals surface area contributed by atoms with Gasteiger partial charge in [-0.1, -0.05) is 18.2 Å². The van der Waals surface area contributed by atoms with E-state index in [1.807, 2.05) is 29.8 Å². The number of nitrogens with one attached hydrogen (secondary N) is 1. The SMILES string of the molecule is Cc1nn(Cc2ccc(F)cc2)c2sc(C(=O)NCc3cccnc3)cc12. The minimum Gasteiger partial charge on any atom is -0.347 e. The molecule has 5 nitrogen and oxygen atoms in total. The van der Waals surface area contributed by atoms with Crippen LogP contribution in [0.5, 0.6) is 0 Å². The van der Waals surface area contributed by atoms with Gasteiger partial charge in [0.15, 0.2) is 0 Å². The molecule has 1 amide bonds. The number of aryl methyl sites for hydroxylation is 1. The number of rotatable bonds is 5. The van der Waals surface area contributed by atoms with E-state index in [9.17, 15) is 9.18 Å². The number of halogens is 1. The molecule has 4 aromatic rings. The Kier molecular flexibility index (Phi) is 4.68. The summed E-state index contributed by atoms with van der Waals surface area (Å²) in [6.07, 6.45) is 3.43. The number of hydrogen-bond donors (Lipinski definition) is 1. The maximum atomic E-state index is 13.1. The molecule has 0 aliphatic carbocycles. The smallest absolute Gasteiger partial charge is 0.261 e. The Balaban J connectivity index is 1.55.